The van der Waals surface area contributed by atoms with Crippen molar-refractivity contribution < 1.29 is 17.9 Å². The molecule has 0 atom stereocenters. The van der Waals surface area contributed by atoms with E-state index in [0.29, 0.717) is 47.5 Å². The summed E-state index contributed by atoms with van der Waals surface area (Å²) in [7, 11) is -2.00. The maximum Gasteiger partial charge on any atom is 0.210 e. The summed E-state index contributed by atoms with van der Waals surface area (Å²) in [6, 6.07) is 11.6. The molecule has 0 saturated carbocycles. The number of hydrogen-bond acceptors (Lipinski definition) is 5. The summed E-state index contributed by atoms with van der Waals surface area (Å²) in [4.78, 5) is 2.81. The van der Waals surface area contributed by atoms with Gasteiger partial charge in [-0.05, 0) is 46.2 Å². The van der Waals surface area contributed by atoms with E-state index in [1.54, 1.807) is 7.11 Å². The second-order valence-corrected chi connectivity index (χ2v) is 12.0. The molecule has 0 spiro atoms. The van der Waals surface area contributed by atoms with Gasteiger partial charge in [0, 0.05) is 13.7 Å². The highest BCUT2D eigenvalue weighted by Crippen LogP contribution is 2.46. The molecule has 1 aliphatic rings. The third-order valence-electron chi connectivity index (χ3n) is 5.70. The zero-order valence-electron chi connectivity index (χ0n) is 19.8. The van der Waals surface area contributed by atoms with Crippen LogP contribution >= 0.6 is 0 Å². The fraction of sp³-hybridized carbons (Fsp3) is 0.520. The second-order valence-electron chi connectivity index (χ2n) is 10.1. The Labute approximate surface area is 187 Å². The van der Waals surface area contributed by atoms with Gasteiger partial charge in [-0.15, -0.1) is 0 Å². The van der Waals surface area contributed by atoms with Crippen molar-refractivity contribution in [2.75, 3.05) is 38.4 Å². The van der Waals surface area contributed by atoms with Gasteiger partial charge in [0.05, 0.1) is 41.0 Å². The fourth-order valence-electron chi connectivity index (χ4n) is 3.73. The molecule has 3 rings (SSSR count). The standard InChI is InChI=1S/C25H35NO4S/c1-24(2,3)18-8-10-20-22(16-18)31(27,28)23-17-19(25(4,5)6)9-11-21(23)26(20)12-13-30-15-14-29-7/h8-11,16-17H,12-15H2,1-7H3. The van der Waals surface area contributed by atoms with E-state index in [1.165, 1.54) is 0 Å². The molecule has 0 saturated heterocycles. The molecule has 0 fully saturated rings. The maximum atomic E-state index is 13.7. The summed E-state index contributed by atoms with van der Waals surface area (Å²) in [5.74, 6) is 0. The quantitative estimate of drug-likeness (QED) is 0.570. The van der Waals surface area contributed by atoms with Gasteiger partial charge in [-0.2, -0.15) is 0 Å². The van der Waals surface area contributed by atoms with Crippen LogP contribution in [0.5, 0.6) is 0 Å². The third-order valence-corrected chi connectivity index (χ3v) is 7.52. The summed E-state index contributed by atoms with van der Waals surface area (Å²) >= 11 is 0. The first-order valence-corrected chi connectivity index (χ1v) is 12.2. The number of methoxy groups -OCH3 is 1. The predicted molar refractivity (Wildman–Crippen MR) is 125 cm³/mol. The van der Waals surface area contributed by atoms with Crippen LogP contribution in [0.2, 0.25) is 0 Å². The smallest absolute Gasteiger partial charge is 0.210 e. The van der Waals surface area contributed by atoms with Crippen LogP contribution in [-0.2, 0) is 30.1 Å². The first-order valence-electron chi connectivity index (χ1n) is 10.8. The van der Waals surface area contributed by atoms with Gasteiger partial charge in [-0.25, -0.2) is 8.42 Å². The minimum atomic E-state index is -3.64. The first-order chi connectivity index (χ1) is 14.4. The zero-order chi connectivity index (χ0) is 23.0. The molecule has 5 nitrogen and oxygen atoms in total. The molecule has 2 aromatic carbocycles. The molecule has 0 bridgehead atoms. The number of nitrogens with zero attached hydrogens (tertiary/aromatic N) is 1. The number of benzene rings is 2. The number of rotatable bonds is 6. The lowest BCUT2D eigenvalue weighted by Crippen LogP contribution is -2.30. The van der Waals surface area contributed by atoms with Crippen molar-refractivity contribution in [3.05, 3.63) is 47.5 Å². The van der Waals surface area contributed by atoms with Crippen LogP contribution in [0.15, 0.2) is 46.2 Å². The van der Waals surface area contributed by atoms with E-state index < -0.39 is 9.84 Å². The second kappa shape index (κ2) is 8.57. The fourth-order valence-corrected chi connectivity index (χ4v) is 5.44. The summed E-state index contributed by atoms with van der Waals surface area (Å²) in [6.45, 7) is 14.6. The Balaban J connectivity index is 2.13. The number of anilines is 2. The van der Waals surface area contributed by atoms with E-state index in [9.17, 15) is 8.42 Å². The maximum absolute atomic E-state index is 13.7. The molecule has 1 aliphatic heterocycles. The van der Waals surface area contributed by atoms with Gasteiger partial charge in [0.25, 0.3) is 0 Å². The Hall–Kier alpha value is -1.89. The van der Waals surface area contributed by atoms with E-state index in [2.05, 4.69) is 46.4 Å². The minimum Gasteiger partial charge on any atom is -0.382 e. The van der Waals surface area contributed by atoms with Crippen LogP contribution in [0.4, 0.5) is 11.4 Å². The van der Waals surface area contributed by atoms with Crippen LogP contribution in [0.25, 0.3) is 0 Å². The highest BCUT2D eigenvalue weighted by molar-refractivity contribution is 7.92. The van der Waals surface area contributed by atoms with Gasteiger partial charge in [-0.3, -0.25) is 0 Å². The Morgan fingerprint density at radius 1 is 0.774 bits per heavy atom. The molecule has 170 valence electrons. The van der Waals surface area contributed by atoms with Crippen LogP contribution in [0.3, 0.4) is 0 Å². The minimum absolute atomic E-state index is 0.147. The Kier molecular flexibility index (Phi) is 6.57. The summed E-state index contributed by atoms with van der Waals surface area (Å²) in [5.41, 5.74) is 3.13. The van der Waals surface area contributed by atoms with Crippen LogP contribution < -0.4 is 4.90 Å². The van der Waals surface area contributed by atoms with Gasteiger partial charge >= 0.3 is 0 Å². The largest absolute Gasteiger partial charge is 0.382 e. The lowest BCUT2D eigenvalue weighted by Gasteiger charge is -2.35. The van der Waals surface area contributed by atoms with E-state index >= 15 is 0 Å². The van der Waals surface area contributed by atoms with Gasteiger partial charge in [0.1, 0.15) is 0 Å². The Morgan fingerprint density at radius 3 is 1.68 bits per heavy atom. The van der Waals surface area contributed by atoms with Gasteiger partial charge in [0.2, 0.25) is 9.84 Å². The average Bonchev–Trinajstić information content (AvgIpc) is 2.68. The van der Waals surface area contributed by atoms with Crippen molar-refractivity contribution in [3.63, 3.8) is 0 Å². The average molecular weight is 446 g/mol. The van der Waals surface area contributed by atoms with E-state index in [4.69, 9.17) is 9.47 Å². The summed E-state index contributed by atoms with van der Waals surface area (Å²) < 4.78 is 38.2. The monoisotopic (exact) mass is 445 g/mol. The highest BCUT2D eigenvalue weighted by atomic mass is 32.2. The molecular formula is C25H35NO4S. The molecule has 2 aromatic rings. The first kappa shape index (κ1) is 23.8. The highest BCUT2D eigenvalue weighted by Gasteiger charge is 2.36. The van der Waals surface area contributed by atoms with Crippen LogP contribution in [0, 0.1) is 0 Å². The summed E-state index contributed by atoms with van der Waals surface area (Å²) in [6.07, 6.45) is 0. The molecular weight excluding hydrogens is 410 g/mol. The molecule has 6 heteroatoms. The molecule has 0 aliphatic carbocycles. The Morgan fingerprint density at radius 2 is 1.26 bits per heavy atom. The number of ether oxygens (including phenoxy) is 2. The SMILES string of the molecule is COCCOCCN1c2ccc(C(C)(C)C)cc2S(=O)(=O)c2cc(C(C)(C)C)ccc21. The molecule has 0 aromatic heterocycles. The number of sulfone groups is 1. The normalized spacial score (nSPS) is 15.5. The Bertz CT molecular complexity index is 975. The molecule has 0 N–H and O–H groups in total. The van der Waals surface area contributed by atoms with Crippen molar-refractivity contribution >= 4 is 21.2 Å². The van der Waals surface area contributed by atoms with E-state index in [0.717, 1.165) is 11.1 Å². The van der Waals surface area contributed by atoms with Crippen LogP contribution in [-0.4, -0.2) is 41.9 Å². The number of hydrogen-bond donors (Lipinski definition) is 0. The number of fused-ring (bicyclic) bond motifs is 2. The molecule has 1 heterocycles. The molecule has 0 unspecified atom stereocenters. The third kappa shape index (κ3) is 4.81. The van der Waals surface area contributed by atoms with Crippen molar-refractivity contribution in [3.8, 4) is 0 Å². The summed E-state index contributed by atoms with van der Waals surface area (Å²) in [5, 5.41) is 0. The van der Waals surface area contributed by atoms with Gasteiger partial charge in [0.15, 0.2) is 0 Å². The molecule has 31 heavy (non-hydrogen) atoms. The van der Waals surface area contributed by atoms with E-state index in [1.807, 2.05) is 36.4 Å². The topological polar surface area (TPSA) is 55.8 Å². The van der Waals surface area contributed by atoms with E-state index in [-0.39, 0.29) is 10.8 Å². The lowest BCUT2D eigenvalue weighted by atomic mass is 9.86. The van der Waals surface area contributed by atoms with Gasteiger partial charge < -0.3 is 14.4 Å². The lowest BCUT2D eigenvalue weighted by molar-refractivity contribution is 0.0746. The molecule has 0 amide bonds. The predicted octanol–water partition coefficient (Wildman–Crippen LogP) is 5.23. The van der Waals surface area contributed by atoms with Gasteiger partial charge in [-0.1, -0.05) is 53.7 Å². The van der Waals surface area contributed by atoms with Crippen molar-refractivity contribution in [2.24, 2.45) is 0 Å². The molecule has 0 radical (unpaired) electrons. The van der Waals surface area contributed by atoms with Crippen molar-refractivity contribution in [2.45, 2.75) is 62.2 Å². The zero-order valence-corrected chi connectivity index (χ0v) is 20.6. The van der Waals surface area contributed by atoms with Crippen molar-refractivity contribution in [1.82, 2.24) is 0 Å². The van der Waals surface area contributed by atoms with Crippen molar-refractivity contribution in [1.29, 1.82) is 0 Å². The van der Waals surface area contributed by atoms with Crippen LogP contribution in [0.1, 0.15) is 52.7 Å².